The molecule has 2 amide bonds. The van der Waals surface area contributed by atoms with Crippen LogP contribution in [-0.2, 0) is 16.0 Å². The van der Waals surface area contributed by atoms with Crippen LogP contribution in [0.2, 0.25) is 0 Å². The Bertz CT molecular complexity index is 1070. The van der Waals surface area contributed by atoms with E-state index >= 15 is 0 Å². The number of rotatable bonds is 6. The molecule has 6 heteroatoms. The zero-order valence-electron chi connectivity index (χ0n) is 17.8. The van der Waals surface area contributed by atoms with Gasteiger partial charge in [-0.3, -0.25) is 14.6 Å². The highest BCUT2D eigenvalue weighted by atomic mass is 19.1. The number of benzene rings is 2. The van der Waals surface area contributed by atoms with Crippen LogP contribution >= 0.6 is 0 Å². The van der Waals surface area contributed by atoms with Crippen molar-refractivity contribution < 1.29 is 14.0 Å². The second-order valence-corrected chi connectivity index (χ2v) is 8.08. The Balaban J connectivity index is 1.34. The average molecular weight is 432 g/mol. The summed E-state index contributed by atoms with van der Waals surface area (Å²) < 4.78 is 13.2. The molecule has 1 aliphatic rings. The minimum atomic E-state index is -0.283. The van der Waals surface area contributed by atoms with E-state index in [1.54, 1.807) is 23.2 Å². The number of aryl methyl sites for hydroxylation is 1. The van der Waals surface area contributed by atoms with Gasteiger partial charge in [0, 0.05) is 37.1 Å². The van der Waals surface area contributed by atoms with Crippen LogP contribution in [0.5, 0.6) is 0 Å². The van der Waals surface area contributed by atoms with Gasteiger partial charge in [-0.2, -0.15) is 0 Å². The molecule has 1 aromatic heterocycles. The summed E-state index contributed by atoms with van der Waals surface area (Å²) in [5.41, 5.74) is 3.37. The number of carbonyl (C=O) groups is 2. The molecule has 0 spiro atoms. The highest BCUT2D eigenvalue weighted by Crippen LogP contribution is 2.24. The third-order valence-electron chi connectivity index (χ3n) is 5.77. The van der Waals surface area contributed by atoms with Crippen molar-refractivity contribution in [3.63, 3.8) is 0 Å². The number of pyridine rings is 1. The summed E-state index contributed by atoms with van der Waals surface area (Å²) >= 11 is 0. The Hall–Kier alpha value is -3.54. The number of hydrogen-bond acceptors (Lipinski definition) is 3. The number of halogens is 1. The topological polar surface area (TPSA) is 62.3 Å². The molecule has 1 aliphatic heterocycles. The lowest BCUT2D eigenvalue weighted by Gasteiger charge is -2.32. The Morgan fingerprint density at radius 1 is 1.03 bits per heavy atom. The number of nitrogens with zero attached hydrogens (tertiary/aromatic N) is 2. The van der Waals surface area contributed by atoms with E-state index in [1.165, 1.54) is 12.1 Å². The highest BCUT2D eigenvalue weighted by molar-refractivity contribution is 5.93. The van der Waals surface area contributed by atoms with Crippen LogP contribution in [0.25, 0.3) is 11.1 Å². The number of anilines is 1. The van der Waals surface area contributed by atoms with Crippen LogP contribution in [0.1, 0.15) is 25.0 Å². The Kier molecular flexibility index (Phi) is 6.90. The molecule has 1 saturated heterocycles. The SMILES string of the molecule is O=C(Nc1cccc(-c2ccc(F)cc2)c1)[C@H]1CCCN(C(=O)CCc2ccccn2)C1. The molecule has 2 heterocycles. The van der Waals surface area contributed by atoms with Gasteiger partial charge in [0.05, 0.1) is 5.92 Å². The summed E-state index contributed by atoms with van der Waals surface area (Å²) in [5.74, 6) is -0.540. The van der Waals surface area contributed by atoms with E-state index in [4.69, 9.17) is 0 Å². The van der Waals surface area contributed by atoms with Crippen molar-refractivity contribution in [2.24, 2.45) is 5.92 Å². The van der Waals surface area contributed by atoms with Gasteiger partial charge in [0.2, 0.25) is 11.8 Å². The molecular weight excluding hydrogens is 405 g/mol. The van der Waals surface area contributed by atoms with Crippen LogP contribution < -0.4 is 5.32 Å². The Morgan fingerprint density at radius 2 is 1.88 bits per heavy atom. The van der Waals surface area contributed by atoms with E-state index in [0.717, 1.165) is 29.7 Å². The molecule has 164 valence electrons. The normalized spacial score (nSPS) is 15.9. The molecule has 0 saturated carbocycles. The molecule has 1 atom stereocenters. The van der Waals surface area contributed by atoms with Crippen molar-refractivity contribution in [3.05, 3.63) is 84.4 Å². The molecule has 4 rings (SSSR count). The van der Waals surface area contributed by atoms with Gasteiger partial charge in [-0.1, -0.05) is 30.3 Å². The number of hydrogen-bond donors (Lipinski definition) is 1. The average Bonchev–Trinajstić information content (AvgIpc) is 2.84. The van der Waals surface area contributed by atoms with E-state index in [0.29, 0.717) is 31.6 Å². The van der Waals surface area contributed by atoms with E-state index in [1.807, 2.05) is 42.5 Å². The van der Waals surface area contributed by atoms with Crippen molar-refractivity contribution >= 4 is 17.5 Å². The fourth-order valence-corrected chi connectivity index (χ4v) is 4.02. The zero-order valence-corrected chi connectivity index (χ0v) is 17.8. The molecule has 3 aromatic rings. The number of amides is 2. The predicted octanol–water partition coefficient (Wildman–Crippen LogP) is 4.70. The van der Waals surface area contributed by atoms with Gasteiger partial charge in [-0.05, 0) is 66.8 Å². The van der Waals surface area contributed by atoms with E-state index in [2.05, 4.69) is 10.3 Å². The van der Waals surface area contributed by atoms with Gasteiger partial charge in [-0.25, -0.2) is 4.39 Å². The van der Waals surface area contributed by atoms with Crippen LogP contribution in [-0.4, -0.2) is 34.8 Å². The van der Waals surface area contributed by atoms with Gasteiger partial charge in [0.15, 0.2) is 0 Å². The van der Waals surface area contributed by atoms with E-state index in [9.17, 15) is 14.0 Å². The minimum absolute atomic E-state index is 0.0615. The monoisotopic (exact) mass is 431 g/mol. The van der Waals surface area contributed by atoms with Crippen molar-refractivity contribution in [1.82, 2.24) is 9.88 Å². The molecule has 1 N–H and O–H groups in total. The lowest BCUT2D eigenvalue weighted by Crippen LogP contribution is -2.43. The molecule has 1 fully saturated rings. The lowest BCUT2D eigenvalue weighted by atomic mass is 9.96. The Labute approximate surface area is 187 Å². The fraction of sp³-hybridized carbons (Fsp3) is 0.269. The van der Waals surface area contributed by atoms with Gasteiger partial charge < -0.3 is 10.2 Å². The predicted molar refractivity (Wildman–Crippen MR) is 122 cm³/mol. The van der Waals surface area contributed by atoms with E-state index in [-0.39, 0.29) is 23.5 Å². The molecule has 0 bridgehead atoms. The van der Waals surface area contributed by atoms with Crippen molar-refractivity contribution in [3.8, 4) is 11.1 Å². The highest BCUT2D eigenvalue weighted by Gasteiger charge is 2.28. The smallest absolute Gasteiger partial charge is 0.229 e. The first-order chi connectivity index (χ1) is 15.6. The first-order valence-electron chi connectivity index (χ1n) is 10.9. The number of aromatic nitrogens is 1. The quantitative estimate of drug-likeness (QED) is 0.616. The van der Waals surface area contributed by atoms with Gasteiger partial charge in [0.1, 0.15) is 5.82 Å². The molecule has 2 aromatic carbocycles. The van der Waals surface area contributed by atoms with Crippen molar-refractivity contribution in [1.29, 1.82) is 0 Å². The molecule has 32 heavy (non-hydrogen) atoms. The van der Waals surface area contributed by atoms with E-state index < -0.39 is 0 Å². The standard InChI is InChI=1S/C26H26FN3O2/c27-22-11-9-19(10-12-22)20-5-3-8-24(17-20)29-26(32)21-6-4-16-30(18-21)25(31)14-13-23-7-1-2-15-28-23/h1-3,5,7-12,15,17,21H,4,6,13-14,16,18H2,(H,29,32)/t21-/m0/s1. The number of carbonyl (C=O) groups excluding carboxylic acids is 2. The first-order valence-corrected chi connectivity index (χ1v) is 10.9. The molecule has 5 nitrogen and oxygen atoms in total. The fourth-order valence-electron chi connectivity index (χ4n) is 4.02. The maximum atomic E-state index is 13.2. The second-order valence-electron chi connectivity index (χ2n) is 8.08. The zero-order chi connectivity index (χ0) is 22.3. The third kappa shape index (κ3) is 5.58. The van der Waals surface area contributed by atoms with Crippen LogP contribution in [0.15, 0.2) is 72.9 Å². The van der Waals surface area contributed by atoms with Crippen molar-refractivity contribution in [2.45, 2.75) is 25.7 Å². The molecule has 0 aliphatic carbocycles. The summed E-state index contributed by atoms with van der Waals surface area (Å²) in [5, 5.41) is 2.99. The summed E-state index contributed by atoms with van der Waals surface area (Å²) in [4.78, 5) is 31.6. The minimum Gasteiger partial charge on any atom is -0.342 e. The summed E-state index contributed by atoms with van der Waals surface area (Å²) in [6.45, 7) is 1.12. The summed E-state index contributed by atoms with van der Waals surface area (Å²) in [7, 11) is 0. The van der Waals surface area contributed by atoms with Crippen LogP contribution in [0.4, 0.5) is 10.1 Å². The Morgan fingerprint density at radius 3 is 2.66 bits per heavy atom. The van der Waals surface area contributed by atoms with Gasteiger partial charge >= 0.3 is 0 Å². The molecular formula is C26H26FN3O2. The van der Waals surface area contributed by atoms with Crippen LogP contribution in [0, 0.1) is 11.7 Å². The summed E-state index contributed by atoms with van der Waals surface area (Å²) in [6.07, 6.45) is 4.29. The molecule has 0 radical (unpaired) electrons. The van der Waals surface area contributed by atoms with Crippen LogP contribution in [0.3, 0.4) is 0 Å². The largest absolute Gasteiger partial charge is 0.342 e. The third-order valence-corrected chi connectivity index (χ3v) is 5.77. The van der Waals surface area contributed by atoms with Gasteiger partial charge in [-0.15, -0.1) is 0 Å². The maximum Gasteiger partial charge on any atom is 0.229 e. The number of piperidine rings is 1. The van der Waals surface area contributed by atoms with Crippen molar-refractivity contribution in [2.75, 3.05) is 18.4 Å². The number of nitrogens with one attached hydrogen (secondary N) is 1. The van der Waals surface area contributed by atoms with Gasteiger partial charge in [0.25, 0.3) is 0 Å². The maximum absolute atomic E-state index is 13.2. The first kappa shape index (κ1) is 21.7. The molecule has 0 unspecified atom stereocenters. The number of likely N-dealkylation sites (tertiary alicyclic amines) is 1. The lowest BCUT2D eigenvalue weighted by molar-refractivity contribution is -0.134. The summed E-state index contributed by atoms with van der Waals surface area (Å²) in [6, 6.07) is 19.5. The second kappa shape index (κ2) is 10.2.